The molecular weight excluding hydrogens is 258 g/mol. The fourth-order valence-electron chi connectivity index (χ4n) is 1.57. The van der Waals surface area contributed by atoms with Gasteiger partial charge in [-0.15, -0.1) is 0 Å². The highest BCUT2D eigenvalue weighted by molar-refractivity contribution is 4.58. The van der Waals surface area contributed by atoms with Crippen LogP contribution in [-0.4, -0.2) is 75.8 Å². The molecule has 0 rings (SSSR count). The third kappa shape index (κ3) is 11.6. The first-order valence-corrected chi connectivity index (χ1v) is 7.52. The minimum Gasteiger partial charge on any atom is -0.395 e. The molecule has 0 radical (unpaired) electrons. The Morgan fingerprint density at radius 2 is 1.35 bits per heavy atom. The lowest BCUT2D eigenvalue weighted by molar-refractivity contribution is 0.0517. The molecule has 0 aliphatic rings. The van der Waals surface area contributed by atoms with E-state index >= 15 is 0 Å². The van der Waals surface area contributed by atoms with Crippen molar-refractivity contribution in [3.05, 3.63) is 0 Å². The number of nitrogens with two attached hydrogens (primary N) is 2. The van der Waals surface area contributed by atoms with E-state index in [2.05, 4.69) is 18.7 Å². The van der Waals surface area contributed by atoms with Crippen molar-refractivity contribution in [3.8, 4) is 0 Å². The Bertz CT molecular complexity index is 190. The van der Waals surface area contributed by atoms with Gasteiger partial charge >= 0.3 is 0 Å². The number of hydrogen-bond acceptors (Lipinski definition) is 6. The van der Waals surface area contributed by atoms with Crippen LogP contribution in [0.5, 0.6) is 0 Å². The van der Waals surface area contributed by atoms with E-state index in [1.165, 1.54) is 0 Å². The summed E-state index contributed by atoms with van der Waals surface area (Å²) in [7, 11) is 0. The van der Waals surface area contributed by atoms with Gasteiger partial charge in [-0.1, -0.05) is 13.8 Å². The van der Waals surface area contributed by atoms with E-state index in [-0.39, 0.29) is 6.61 Å². The molecule has 2 unspecified atom stereocenters. The van der Waals surface area contributed by atoms with Gasteiger partial charge in [-0.05, 0) is 24.9 Å². The van der Waals surface area contributed by atoms with Crippen LogP contribution in [0.25, 0.3) is 0 Å². The smallest absolute Gasteiger partial charge is 0.0593 e. The Balaban J connectivity index is 3.65. The van der Waals surface area contributed by atoms with Crippen molar-refractivity contribution in [2.75, 3.05) is 65.8 Å². The van der Waals surface area contributed by atoms with E-state index in [0.29, 0.717) is 57.9 Å². The summed E-state index contributed by atoms with van der Waals surface area (Å²) in [5.41, 5.74) is 11.1. The van der Waals surface area contributed by atoms with E-state index < -0.39 is 0 Å². The monoisotopic (exact) mass is 291 g/mol. The topological polar surface area (TPSA) is 94.0 Å². The first-order valence-electron chi connectivity index (χ1n) is 7.52. The summed E-state index contributed by atoms with van der Waals surface area (Å²) in [6, 6.07) is 0. The zero-order valence-corrected chi connectivity index (χ0v) is 13.1. The molecule has 0 spiro atoms. The molecule has 0 fully saturated rings. The standard InChI is InChI=1S/C14H33N3O3/c1-13(9-15)11-19-7-4-17(3-6-18)5-8-20-12-14(2)10-16/h13-14,18H,3-12,15-16H2,1-2H3. The number of ether oxygens (including phenoxy) is 2. The summed E-state index contributed by atoms with van der Waals surface area (Å²) in [5.74, 6) is 0.782. The fraction of sp³-hybridized carbons (Fsp3) is 1.00. The van der Waals surface area contributed by atoms with Crippen molar-refractivity contribution in [1.29, 1.82) is 0 Å². The van der Waals surface area contributed by atoms with E-state index in [1.807, 2.05) is 0 Å². The number of nitrogens with zero attached hydrogens (tertiary/aromatic N) is 1. The van der Waals surface area contributed by atoms with Crippen LogP contribution in [0.4, 0.5) is 0 Å². The van der Waals surface area contributed by atoms with Gasteiger partial charge in [0.15, 0.2) is 0 Å². The van der Waals surface area contributed by atoms with Crippen LogP contribution in [0.2, 0.25) is 0 Å². The lowest BCUT2D eigenvalue weighted by atomic mass is 10.2. The first-order chi connectivity index (χ1) is 9.63. The number of aliphatic hydroxyl groups is 1. The van der Waals surface area contributed by atoms with Gasteiger partial charge in [0.25, 0.3) is 0 Å². The van der Waals surface area contributed by atoms with Gasteiger partial charge in [-0.2, -0.15) is 0 Å². The van der Waals surface area contributed by atoms with Gasteiger partial charge in [0.05, 0.1) is 33.0 Å². The van der Waals surface area contributed by atoms with Crippen LogP contribution >= 0.6 is 0 Å². The van der Waals surface area contributed by atoms with Crippen molar-refractivity contribution >= 4 is 0 Å². The van der Waals surface area contributed by atoms with Crippen molar-refractivity contribution in [1.82, 2.24) is 4.90 Å². The predicted octanol–water partition coefficient (Wildman–Crippen LogP) is -0.496. The first kappa shape index (κ1) is 19.8. The highest BCUT2D eigenvalue weighted by atomic mass is 16.5. The summed E-state index contributed by atoms with van der Waals surface area (Å²) in [4.78, 5) is 2.14. The van der Waals surface area contributed by atoms with E-state index in [4.69, 9.17) is 26.0 Å². The third-order valence-electron chi connectivity index (χ3n) is 3.13. The van der Waals surface area contributed by atoms with Gasteiger partial charge in [0.1, 0.15) is 0 Å². The lowest BCUT2D eigenvalue weighted by Crippen LogP contribution is -2.34. The molecule has 0 heterocycles. The Hall–Kier alpha value is -0.240. The van der Waals surface area contributed by atoms with E-state index in [9.17, 15) is 0 Å². The molecule has 0 aliphatic heterocycles. The minimum absolute atomic E-state index is 0.151. The largest absolute Gasteiger partial charge is 0.395 e. The molecule has 0 aliphatic carbocycles. The molecule has 6 nitrogen and oxygen atoms in total. The van der Waals surface area contributed by atoms with Gasteiger partial charge in [-0.3, -0.25) is 4.90 Å². The quantitative estimate of drug-likeness (QED) is 0.374. The van der Waals surface area contributed by atoms with Crippen LogP contribution in [0.1, 0.15) is 13.8 Å². The maximum absolute atomic E-state index is 9.05. The molecule has 2 atom stereocenters. The summed E-state index contributed by atoms with van der Waals surface area (Å²) in [5, 5.41) is 9.05. The van der Waals surface area contributed by atoms with Crippen molar-refractivity contribution in [3.63, 3.8) is 0 Å². The van der Waals surface area contributed by atoms with Gasteiger partial charge in [0.2, 0.25) is 0 Å². The van der Waals surface area contributed by atoms with E-state index in [1.54, 1.807) is 0 Å². The second-order valence-electron chi connectivity index (χ2n) is 5.40. The Morgan fingerprint density at radius 3 is 1.70 bits per heavy atom. The Kier molecular flexibility index (Phi) is 13.6. The average molecular weight is 291 g/mol. The molecule has 20 heavy (non-hydrogen) atoms. The minimum atomic E-state index is 0.151. The van der Waals surface area contributed by atoms with Crippen LogP contribution in [0.15, 0.2) is 0 Å². The Labute approximate surface area is 123 Å². The van der Waals surface area contributed by atoms with E-state index in [0.717, 1.165) is 13.1 Å². The zero-order chi connectivity index (χ0) is 15.2. The highest BCUT2D eigenvalue weighted by Crippen LogP contribution is 1.96. The molecule has 122 valence electrons. The van der Waals surface area contributed by atoms with Crippen LogP contribution < -0.4 is 11.5 Å². The summed E-state index contributed by atoms with van der Waals surface area (Å²) in [6.45, 7) is 10.5. The molecule has 6 heteroatoms. The van der Waals surface area contributed by atoms with Crippen molar-refractivity contribution in [2.45, 2.75) is 13.8 Å². The second kappa shape index (κ2) is 13.7. The normalized spacial score (nSPS) is 14.7. The SMILES string of the molecule is CC(CN)COCCN(CCO)CCOCC(C)CN. The maximum atomic E-state index is 9.05. The molecule has 0 bridgehead atoms. The number of hydrogen-bond donors (Lipinski definition) is 3. The molecule has 0 saturated heterocycles. The van der Waals surface area contributed by atoms with Crippen LogP contribution in [-0.2, 0) is 9.47 Å². The molecular formula is C14H33N3O3. The summed E-state index contributed by atoms with van der Waals surface area (Å²) < 4.78 is 11.1. The molecule has 0 aromatic carbocycles. The van der Waals surface area contributed by atoms with Crippen LogP contribution in [0, 0.1) is 11.8 Å². The molecule has 0 aromatic rings. The summed E-state index contributed by atoms with van der Waals surface area (Å²) in [6.07, 6.45) is 0. The molecule has 0 amide bonds. The molecule has 5 N–H and O–H groups in total. The van der Waals surface area contributed by atoms with Gasteiger partial charge < -0.3 is 26.0 Å². The highest BCUT2D eigenvalue weighted by Gasteiger charge is 2.06. The second-order valence-corrected chi connectivity index (χ2v) is 5.40. The van der Waals surface area contributed by atoms with Crippen LogP contribution in [0.3, 0.4) is 0 Å². The Morgan fingerprint density at radius 1 is 0.900 bits per heavy atom. The fourth-order valence-corrected chi connectivity index (χ4v) is 1.57. The number of rotatable bonds is 14. The molecule has 0 aromatic heterocycles. The maximum Gasteiger partial charge on any atom is 0.0593 e. The predicted molar refractivity (Wildman–Crippen MR) is 81.6 cm³/mol. The molecule has 0 saturated carbocycles. The van der Waals surface area contributed by atoms with Crippen molar-refractivity contribution in [2.24, 2.45) is 23.3 Å². The lowest BCUT2D eigenvalue weighted by Gasteiger charge is -2.22. The summed E-state index contributed by atoms with van der Waals surface area (Å²) >= 11 is 0. The third-order valence-corrected chi connectivity index (χ3v) is 3.13. The van der Waals surface area contributed by atoms with Crippen molar-refractivity contribution < 1.29 is 14.6 Å². The average Bonchev–Trinajstić information content (AvgIpc) is 2.46. The van der Waals surface area contributed by atoms with Gasteiger partial charge in [0, 0.05) is 19.6 Å². The number of aliphatic hydroxyl groups excluding tert-OH is 1. The van der Waals surface area contributed by atoms with Gasteiger partial charge in [-0.25, -0.2) is 0 Å². The zero-order valence-electron chi connectivity index (χ0n) is 13.1.